The van der Waals surface area contributed by atoms with E-state index in [2.05, 4.69) is 12.2 Å². The van der Waals surface area contributed by atoms with Gasteiger partial charge in [-0.15, -0.1) is 0 Å². The third-order valence-corrected chi connectivity index (χ3v) is 7.71. The Balaban J connectivity index is 1.54. The molecular formula is C20H26N2O4S2. The summed E-state index contributed by atoms with van der Waals surface area (Å²) in [6, 6.07) is 10.1. The molecule has 0 unspecified atom stereocenters. The van der Waals surface area contributed by atoms with Crippen LogP contribution < -0.4 is 5.32 Å². The van der Waals surface area contributed by atoms with Crippen LogP contribution in [0.3, 0.4) is 0 Å². The van der Waals surface area contributed by atoms with Crippen LogP contribution in [-0.4, -0.2) is 44.0 Å². The zero-order valence-electron chi connectivity index (χ0n) is 16.0. The molecule has 1 aromatic carbocycles. The molecule has 1 aliphatic rings. The van der Waals surface area contributed by atoms with Gasteiger partial charge in [-0.05, 0) is 49.1 Å². The average molecular weight is 423 g/mol. The van der Waals surface area contributed by atoms with Crippen LogP contribution in [0.2, 0.25) is 0 Å². The lowest BCUT2D eigenvalue weighted by Gasteiger charge is -2.29. The molecule has 2 aromatic rings. The number of carbonyl (C=O) groups excluding carboxylic acids is 1. The maximum absolute atomic E-state index is 12.9. The topological polar surface area (TPSA) is 79.6 Å². The minimum Gasteiger partial charge on any atom is -0.468 e. The fraction of sp³-hybridized carbons (Fsp3) is 0.450. The molecule has 2 heterocycles. The van der Waals surface area contributed by atoms with Crippen molar-refractivity contribution >= 4 is 27.7 Å². The first-order valence-corrected chi connectivity index (χ1v) is 12.0. The predicted molar refractivity (Wildman–Crippen MR) is 111 cm³/mol. The Morgan fingerprint density at radius 3 is 2.75 bits per heavy atom. The summed E-state index contributed by atoms with van der Waals surface area (Å²) in [6.07, 6.45) is 3.38. The van der Waals surface area contributed by atoms with E-state index in [4.69, 9.17) is 4.42 Å². The summed E-state index contributed by atoms with van der Waals surface area (Å²) in [7, 11) is -3.56. The van der Waals surface area contributed by atoms with E-state index in [0.717, 1.165) is 30.1 Å². The van der Waals surface area contributed by atoms with Crippen LogP contribution in [-0.2, 0) is 15.8 Å². The zero-order chi connectivity index (χ0) is 20.0. The number of nitrogens with one attached hydrogen (secondary N) is 1. The van der Waals surface area contributed by atoms with Gasteiger partial charge in [0.1, 0.15) is 5.76 Å². The van der Waals surface area contributed by atoms with Crippen LogP contribution in [0.4, 0.5) is 0 Å². The van der Waals surface area contributed by atoms with E-state index >= 15 is 0 Å². The van der Waals surface area contributed by atoms with Gasteiger partial charge in [-0.25, -0.2) is 8.42 Å². The highest BCUT2D eigenvalue weighted by Gasteiger charge is 2.28. The first kappa shape index (κ1) is 21.0. The zero-order valence-corrected chi connectivity index (χ0v) is 17.6. The van der Waals surface area contributed by atoms with Crippen molar-refractivity contribution in [1.29, 1.82) is 0 Å². The number of rotatable bonds is 8. The molecular weight excluding hydrogens is 396 g/mol. The number of sulfonamides is 1. The summed E-state index contributed by atoms with van der Waals surface area (Å²) in [5.74, 6) is 2.69. The number of amides is 1. The normalized spacial score (nSPS) is 16.2. The Hall–Kier alpha value is -1.77. The van der Waals surface area contributed by atoms with Crippen molar-refractivity contribution in [3.05, 3.63) is 54.0 Å². The first-order chi connectivity index (χ1) is 13.5. The molecule has 0 bridgehead atoms. The van der Waals surface area contributed by atoms with Crippen LogP contribution in [0.15, 0.2) is 52.0 Å². The molecule has 152 valence electrons. The van der Waals surface area contributed by atoms with Crippen LogP contribution in [0.1, 0.15) is 35.9 Å². The van der Waals surface area contributed by atoms with Gasteiger partial charge in [0, 0.05) is 31.0 Å². The third kappa shape index (κ3) is 5.40. The molecule has 1 saturated heterocycles. The van der Waals surface area contributed by atoms with Gasteiger partial charge in [0.25, 0.3) is 5.91 Å². The van der Waals surface area contributed by atoms with Crippen molar-refractivity contribution in [1.82, 2.24) is 9.62 Å². The summed E-state index contributed by atoms with van der Waals surface area (Å²) >= 11 is 1.66. The van der Waals surface area contributed by atoms with E-state index in [1.165, 1.54) is 10.4 Å². The van der Waals surface area contributed by atoms with Crippen molar-refractivity contribution in [2.45, 2.75) is 30.4 Å². The number of benzene rings is 1. The summed E-state index contributed by atoms with van der Waals surface area (Å²) in [4.78, 5) is 12.6. The number of hydrogen-bond acceptors (Lipinski definition) is 5. The fourth-order valence-electron chi connectivity index (χ4n) is 3.08. The molecule has 8 heteroatoms. The monoisotopic (exact) mass is 422 g/mol. The van der Waals surface area contributed by atoms with Gasteiger partial charge in [0.2, 0.25) is 10.0 Å². The second-order valence-corrected chi connectivity index (χ2v) is 10.0. The largest absolute Gasteiger partial charge is 0.468 e. The lowest BCUT2D eigenvalue weighted by Crippen LogP contribution is -2.38. The standard InChI is InChI=1S/C20H26N2O4S2/c1-16-7-10-22(11-8-16)28(24,25)19-6-2-4-17(14-19)20(23)21-9-13-27-15-18-5-3-12-26-18/h2-6,12,14,16H,7-11,13,15H2,1H3,(H,21,23). The van der Waals surface area contributed by atoms with Crippen LogP contribution in [0, 0.1) is 5.92 Å². The van der Waals surface area contributed by atoms with Crippen molar-refractivity contribution in [2.75, 3.05) is 25.4 Å². The number of carbonyl (C=O) groups is 1. The van der Waals surface area contributed by atoms with E-state index in [0.29, 0.717) is 31.1 Å². The minimum absolute atomic E-state index is 0.182. The molecule has 0 aliphatic carbocycles. The Kier molecular flexibility index (Phi) is 7.20. The van der Waals surface area contributed by atoms with Crippen molar-refractivity contribution in [3.63, 3.8) is 0 Å². The van der Waals surface area contributed by atoms with Crippen LogP contribution in [0.5, 0.6) is 0 Å². The molecule has 0 spiro atoms. The lowest BCUT2D eigenvalue weighted by atomic mass is 10.0. The highest BCUT2D eigenvalue weighted by Crippen LogP contribution is 2.24. The van der Waals surface area contributed by atoms with E-state index in [1.807, 2.05) is 12.1 Å². The SMILES string of the molecule is CC1CCN(S(=O)(=O)c2cccc(C(=O)NCCSCc3ccco3)c2)CC1. The van der Waals surface area contributed by atoms with Gasteiger partial charge < -0.3 is 9.73 Å². The highest BCUT2D eigenvalue weighted by molar-refractivity contribution is 7.98. The van der Waals surface area contributed by atoms with Crippen LogP contribution >= 0.6 is 11.8 Å². The number of piperidine rings is 1. The number of nitrogens with zero attached hydrogens (tertiary/aromatic N) is 1. The highest BCUT2D eigenvalue weighted by atomic mass is 32.2. The number of hydrogen-bond donors (Lipinski definition) is 1. The smallest absolute Gasteiger partial charge is 0.251 e. The Labute approximate surface area is 170 Å². The molecule has 1 N–H and O–H groups in total. The summed E-state index contributed by atoms with van der Waals surface area (Å²) in [6.45, 7) is 3.71. The fourth-order valence-corrected chi connectivity index (χ4v) is 5.35. The molecule has 0 radical (unpaired) electrons. The predicted octanol–water partition coefficient (Wildman–Crippen LogP) is 3.36. The Morgan fingerprint density at radius 1 is 1.25 bits per heavy atom. The molecule has 1 aromatic heterocycles. The quantitative estimate of drug-likeness (QED) is 0.660. The molecule has 1 amide bonds. The van der Waals surface area contributed by atoms with Crippen molar-refractivity contribution < 1.29 is 17.6 Å². The van der Waals surface area contributed by atoms with Crippen molar-refractivity contribution in [2.24, 2.45) is 5.92 Å². The first-order valence-electron chi connectivity index (χ1n) is 9.45. The van der Waals surface area contributed by atoms with Gasteiger partial charge in [-0.3, -0.25) is 4.79 Å². The second-order valence-electron chi connectivity index (χ2n) is 7.00. The number of thioether (sulfide) groups is 1. The maximum Gasteiger partial charge on any atom is 0.251 e. The second kappa shape index (κ2) is 9.62. The van der Waals surface area contributed by atoms with Gasteiger partial charge in [-0.2, -0.15) is 16.1 Å². The Bertz CT molecular complexity index is 873. The van der Waals surface area contributed by atoms with Gasteiger partial charge in [0.15, 0.2) is 0 Å². The summed E-state index contributed by atoms with van der Waals surface area (Å²) < 4.78 is 32.5. The molecule has 1 aliphatic heterocycles. The summed E-state index contributed by atoms with van der Waals surface area (Å²) in [5, 5.41) is 2.84. The van der Waals surface area contributed by atoms with E-state index in [-0.39, 0.29) is 10.8 Å². The van der Waals surface area contributed by atoms with Crippen molar-refractivity contribution in [3.8, 4) is 0 Å². The van der Waals surface area contributed by atoms with Gasteiger partial charge >= 0.3 is 0 Å². The molecule has 28 heavy (non-hydrogen) atoms. The molecule has 0 atom stereocenters. The van der Waals surface area contributed by atoms with E-state index in [1.54, 1.807) is 36.2 Å². The average Bonchev–Trinajstić information content (AvgIpc) is 3.21. The van der Waals surface area contributed by atoms with E-state index in [9.17, 15) is 13.2 Å². The molecule has 6 nitrogen and oxygen atoms in total. The van der Waals surface area contributed by atoms with E-state index < -0.39 is 10.0 Å². The van der Waals surface area contributed by atoms with Gasteiger partial charge in [0.05, 0.1) is 16.9 Å². The molecule has 0 saturated carbocycles. The molecule has 1 fully saturated rings. The molecule has 3 rings (SSSR count). The summed E-state index contributed by atoms with van der Waals surface area (Å²) in [5.41, 5.74) is 0.363. The Morgan fingerprint density at radius 2 is 2.04 bits per heavy atom. The lowest BCUT2D eigenvalue weighted by molar-refractivity contribution is 0.0956. The number of furan rings is 1. The van der Waals surface area contributed by atoms with Crippen LogP contribution in [0.25, 0.3) is 0 Å². The third-order valence-electron chi connectivity index (χ3n) is 4.83. The minimum atomic E-state index is -3.56. The maximum atomic E-state index is 12.9. The van der Waals surface area contributed by atoms with Gasteiger partial charge in [-0.1, -0.05) is 13.0 Å².